The predicted octanol–water partition coefficient (Wildman–Crippen LogP) is 24.6. The molecule has 85 heavy (non-hydrogen) atoms. The minimum Gasteiger partial charge on any atom is -0.308 e. The van der Waals surface area contributed by atoms with E-state index in [4.69, 9.17) is 0 Å². The van der Waals surface area contributed by atoms with Gasteiger partial charge in [0, 0.05) is 36.4 Å². The lowest BCUT2D eigenvalue weighted by Gasteiger charge is -2.36. The van der Waals surface area contributed by atoms with Crippen molar-refractivity contribution in [2.45, 2.75) is 130 Å². The lowest BCUT2D eigenvalue weighted by atomic mass is 9.69. The number of benzene rings is 11. The van der Waals surface area contributed by atoms with E-state index in [0.717, 1.165) is 38.5 Å². The number of anilines is 6. The molecular weight excluding hydrogens is 1070 g/mol. The van der Waals surface area contributed by atoms with Crippen LogP contribution in [0.1, 0.15) is 116 Å². The van der Waals surface area contributed by atoms with Crippen molar-refractivity contribution in [2.24, 2.45) is 0 Å². The van der Waals surface area contributed by atoms with Gasteiger partial charge in [0.15, 0.2) is 0 Å². The number of rotatable bonds is 12. The van der Waals surface area contributed by atoms with E-state index in [2.05, 4.69) is 296 Å². The summed E-state index contributed by atoms with van der Waals surface area (Å²) in [5, 5.41) is 2.67. The van der Waals surface area contributed by atoms with Crippen LogP contribution in [-0.2, 0) is 16.2 Å². The Morgan fingerprint density at radius 3 is 1.20 bits per heavy atom. The minimum absolute atomic E-state index is 0.131. The second-order valence-electron chi connectivity index (χ2n) is 25.9. The molecule has 14 rings (SSSR count). The topological polar surface area (TPSA) is 6.48 Å². The highest BCUT2D eigenvalue weighted by Gasteiger charge is 2.44. The van der Waals surface area contributed by atoms with Crippen molar-refractivity contribution < 1.29 is 0 Å². The monoisotopic (exact) mass is 1140 g/mol. The van der Waals surface area contributed by atoms with Gasteiger partial charge in [0.1, 0.15) is 0 Å². The zero-order valence-corrected chi connectivity index (χ0v) is 52.0. The number of hydrogen-bond donors (Lipinski definition) is 0. The summed E-state index contributed by atoms with van der Waals surface area (Å²) in [5.41, 5.74) is 25.8. The summed E-state index contributed by atoms with van der Waals surface area (Å²) in [6.07, 6.45) is 6.85. The van der Waals surface area contributed by atoms with Gasteiger partial charge < -0.3 is 9.80 Å². The van der Waals surface area contributed by atoms with E-state index in [-0.39, 0.29) is 16.2 Å². The van der Waals surface area contributed by atoms with Crippen LogP contribution >= 0.6 is 23.5 Å². The van der Waals surface area contributed by atoms with Crippen molar-refractivity contribution in [3.8, 4) is 55.6 Å². The first kappa shape index (κ1) is 54.9. The van der Waals surface area contributed by atoms with Crippen molar-refractivity contribution in [1.82, 2.24) is 0 Å². The lowest BCUT2D eigenvalue weighted by Crippen LogP contribution is -2.26. The van der Waals surface area contributed by atoms with Crippen LogP contribution in [0.2, 0.25) is 0 Å². The Morgan fingerprint density at radius 1 is 0.353 bits per heavy atom. The molecule has 0 spiro atoms. The second kappa shape index (κ2) is 21.8. The maximum Gasteiger partial charge on any atom is 0.0602 e. The van der Waals surface area contributed by atoms with Crippen LogP contribution in [0.15, 0.2) is 250 Å². The van der Waals surface area contributed by atoms with Gasteiger partial charge in [-0.05, 0) is 185 Å². The predicted molar refractivity (Wildman–Crippen MR) is 366 cm³/mol. The smallest absolute Gasteiger partial charge is 0.0602 e. The van der Waals surface area contributed by atoms with Gasteiger partial charge in [-0.1, -0.05) is 262 Å². The molecule has 4 heteroatoms. The molecule has 3 aliphatic rings. The van der Waals surface area contributed by atoms with E-state index in [1.807, 2.05) is 23.5 Å². The van der Waals surface area contributed by atoms with E-state index >= 15 is 0 Å². The molecule has 420 valence electrons. The van der Waals surface area contributed by atoms with Gasteiger partial charge in [0.25, 0.3) is 0 Å². The summed E-state index contributed by atoms with van der Waals surface area (Å²) in [4.78, 5) is 10.1. The highest BCUT2D eigenvalue weighted by Crippen LogP contribution is 2.60. The van der Waals surface area contributed by atoms with Crippen LogP contribution < -0.4 is 9.80 Å². The van der Waals surface area contributed by atoms with Crippen LogP contribution in [0.5, 0.6) is 0 Å². The van der Waals surface area contributed by atoms with Crippen LogP contribution in [-0.4, -0.2) is 0 Å². The summed E-state index contributed by atoms with van der Waals surface area (Å²) in [6.45, 7) is 18.4. The highest BCUT2D eigenvalue weighted by atomic mass is 32.2. The molecule has 0 aromatic heterocycles. The number of hydrogen-bond acceptors (Lipinski definition) is 4. The maximum atomic E-state index is 2.60. The van der Waals surface area contributed by atoms with Gasteiger partial charge in [-0.3, -0.25) is 0 Å². The van der Waals surface area contributed by atoms with Crippen LogP contribution in [0.3, 0.4) is 0 Å². The Hall–Kier alpha value is -8.02. The quantitative estimate of drug-likeness (QED) is 0.120. The summed E-state index contributed by atoms with van der Waals surface area (Å²) in [5.74, 6) is 0. The molecule has 11 aromatic carbocycles. The van der Waals surface area contributed by atoms with Gasteiger partial charge >= 0.3 is 0 Å². The molecule has 0 fully saturated rings. The molecule has 2 heterocycles. The number of para-hydroxylation sites is 2. The Labute approximate surface area is 513 Å². The fourth-order valence-electron chi connectivity index (χ4n) is 13.7. The zero-order valence-electron chi connectivity index (χ0n) is 50.4. The lowest BCUT2D eigenvalue weighted by molar-refractivity contribution is 0.417. The third kappa shape index (κ3) is 9.90. The van der Waals surface area contributed by atoms with Crippen molar-refractivity contribution in [3.05, 3.63) is 253 Å². The molecule has 0 saturated carbocycles. The molecule has 0 amide bonds. The fraction of sp³-hybridized carbons (Fsp3) is 0.210. The van der Waals surface area contributed by atoms with E-state index < -0.39 is 0 Å². The van der Waals surface area contributed by atoms with Crippen molar-refractivity contribution >= 4 is 68.4 Å². The molecule has 11 aromatic rings. The molecule has 0 radical (unpaired) electrons. The first-order chi connectivity index (χ1) is 41.3. The van der Waals surface area contributed by atoms with Gasteiger partial charge in [0.05, 0.1) is 22.7 Å². The Bertz CT molecular complexity index is 4320. The van der Waals surface area contributed by atoms with E-state index in [1.165, 1.54) is 142 Å². The molecule has 2 aliphatic heterocycles. The highest BCUT2D eigenvalue weighted by molar-refractivity contribution is 8.00. The van der Waals surface area contributed by atoms with Crippen LogP contribution in [0, 0.1) is 0 Å². The molecule has 0 saturated heterocycles. The largest absolute Gasteiger partial charge is 0.308 e. The number of unbranched alkanes of at least 4 members (excludes halogenated alkanes) is 2. The van der Waals surface area contributed by atoms with Crippen molar-refractivity contribution in [1.29, 1.82) is 0 Å². The first-order valence-electron chi connectivity index (χ1n) is 30.8. The van der Waals surface area contributed by atoms with Crippen LogP contribution in [0.25, 0.3) is 66.4 Å². The van der Waals surface area contributed by atoms with Crippen molar-refractivity contribution in [2.75, 3.05) is 9.80 Å². The Kier molecular flexibility index (Phi) is 14.1. The fourth-order valence-corrected chi connectivity index (χ4v) is 15.9. The standard InChI is InChI=1S/C81H74N2S2/c1-9-11-47-81(48-12-10-2)69-52-65(83-71-18-14-16-20-75(71)85-77-51-60(35-46-73(77)83)58-27-23-54(24-28-58)56-31-38-63(39-32-56)80(6,7)8)41-44-67(69)68-42-33-61-49-64(40-43-66(61)78(68)81)82-70-17-13-15-19-74(70)84-76-50-59(34-45-72(76)82)57-25-21-53(22-26-57)55-29-36-62(37-30-55)79(3,4)5/h13-46,49-52H,9-12,47-48H2,1-8H3. The minimum atomic E-state index is -0.141. The van der Waals surface area contributed by atoms with E-state index in [0.29, 0.717) is 0 Å². The average Bonchev–Trinajstić information content (AvgIpc) is 2.81. The first-order valence-corrected chi connectivity index (χ1v) is 32.5. The third-order valence-corrected chi connectivity index (χ3v) is 20.6. The molecular formula is C81H74N2S2. The molecule has 1 aliphatic carbocycles. The van der Waals surface area contributed by atoms with Crippen LogP contribution in [0.4, 0.5) is 34.1 Å². The van der Waals surface area contributed by atoms with Crippen molar-refractivity contribution in [3.63, 3.8) is 0 Å². The van der Waals surface area contributed by atoms with Gasteiger partial charge in [0.2, 0.25) is 0 Å². The number of nitrogens with zero attached hydrogens (tertiary/aromatic N) is 2. The molecule has 2 nitrogen and oxygen atoms in total. The number of fused-ring (bicyclic) bond motifs is 9. The second-order valence-corrected chi connectivity index (χ2v) is 28.1. The van der Waals surface area contributed by atoms with Gasteiger partial charge in [-0.15, -0.1) is 0 Å². The van der Waals surface area contributed by atoms with Gasteiger partial charge in [-0.2, -0.15) is 0 Å². The summed E-state index contributed by atoms with van der Waals surface area (Å²) in [7, 11) is 0. The maximum absolute atomic E-state index is 2.60. The van der Waals surface area contributed by atoms with Gasteiger partial charge in [-0.25, -0.2) is 0 Å². The SMILES string of the molecule is CCCCC1(CCCC)c2cc(N3c4ccccc4Sc4cc(-c5ccc(-c6ccc(C(C)(C)C)cc6)cc5)ccc43)ccc2-c2ccc3cc(N4c5ccccc5Sc5cc(-c6ccc(-c7ccc(C(C)(C)C)cc7)cc6)ccc54)ccc3c21. The summed E-state index contributed by atoms with van der Waals surface area (Å²) in [6, 6.07) is 88.2. The molecule has 0 atom stereocenters. The normalized spacial score (nSPS) is 13.9. The average molecular weight is 1140 g/mol. The van der Waals surface area contributed by atoms with E-state index in [9.17, 15) is 0 Å². The Morgan fingerprint density at radius 2 is 0.741 bits per heavy atom. The zero-order chi connectivity index (χ0) is 58.2. The summed E-state index contributed by atoms with van der Waals surface area (Å²) < 4.78 is 0. The third-order valence-electron chi connectivity index (χ3n) is 18.4. The van der Waals surface area contributed by atoms with E-state index in [1.54, 1.807) is 0 Å². The molecule has 0 unspecified atom stereocenters. The molecule has 0 bridgehead atoms. The molecule has 0 N–H and O–H groups in total. The Balaban J connectivity index is 0.812. The summed E-state index contributed by atoms with van der Waals surface area (Å²) >= 11 is 3.77.